The molecule has 0 spiro atoms. The Bertz CT molecular complexity index is 697. The van der Waals surface area contributed by atoms with E-state index in [1.165, 1.54) is 12.1 Å². The lowest BCUT2D eigenvalue weighted by atomic mass is 10.1. The third-order valence-corrected chi connectivity index (χ3v) is 3.57. The molecular weight excluding hydrogens is 281 g/mol. The van der Waals surface area contributed by atoms with E-state index in [0.717, 1.165) is 5.56 Å². The average Bonchev–Trinajstić information content (AvgIpc) is 2.87. The van der Waals surface area contributed by atoms with Crippen LogP contribution in [0.25, 0.3) is 0 Å². The van der Waals surface area contributed by atoms with Crippen LogP contribution in [0.5, 0.6) is 0 Å². The first kappa shape index (κ1) is 14.3. The Balaban J connectivity index is 1.67. The van der Waals surface area contributed by atoms with Gasteiger partial charge in [0.05, 0.1) is 6.04 Å². The van der Waals surface area contributed by atoms with Gasteiger partial charge in [-0.25, -0.2) is 4.39 Å². The number of rotatable bonds is 5. The molecule has 0 fully saturated rings. The lowest BCUT2D eigenvalue weighted by molar-refractivity contribution is -0.116. The molecule has 0 bridgehead atoms. The topological polar surface area (TPSA) is 38.3 Å². The minimum absolute atomic E-state index is 0.110. The van der Waals surface area contributed by atoms with E-state index in [1.54, 1.807) is 18.2 Å². The number of carbonyl (C=O) groups is 1. The summed E-state index contributed by atoms with van der Waals surface area (Å²) >= 11 is 0. The molecule has 112 valence electrons. The van der Waals surface area contributed by atoms with Gasteiger partial charge in [0.25, 0.3) is 0 Å². The average molecular weight is 297 g/mol. The maximum absolute atomic E-state index is 13.6. The zero-order valence-corrected chi connectivity index (χ0v) is 12.0. The number of hydrogen-bond donors (Lipinski definition) is 1. The number of carbonyl (C=O) groups excluding carboxylic acids is 1. The van der Waals surface area contributed by atoms with Crippen molar-refractivity contribution >= 4 is 5.91 Å². The van der Waals surface area contributed by atoms with Crippen LogP contribution >= 0.6 is 0 Å². The largest absolute Gasteiger partial charge is 0.491 e. The molecule has 0 saturated heterocycles. The molecular formula is C18H16FNO2. The standard InChI is InChI=1S/C18H16FNO2/c19-15-9-5-4-8-14(15)12-22-17-11-18(21)20-16(17)10-13-6-2-1-3-7-13/h1-9,11,16H,10,12H2,(H,20,21). The zero-order valence-electron chi connectivity index (χ0n) is 12.0. The SMILES string of the molecule is O=C1C=C(OCc2ccccc2F)C(Cc2ccccc2)N1. The van der Waals surface area contributed by atoms with Crippen molar-refractivity contribution < 1.29 is 13.9 Å². The van der Waals surface area contributed by atoms with E-state index < -0.39 is 0 Å². The van der Waals surface area contributed by atoms with E-state index in [4.69, 9.17) is 4.74 Å². The molecule has 0 radical (unpaired) electrons. The second-order valence-corrected chi connectivity index (χ2v) is 5.18. The smallest absolute Gasteiger partial charge is 0.248 e. The van der Waals surface area contributed by atoms with Crippen LogP contribution in [0.2, 0.25) is 0 Å². The van der Waals surface area contributed by atoms with E-state index in [2.05, 4.69) is 5.32 Å². The third-order valence-electron chi connectivity index (χ3n) is 3.57. The first-order valence-corrected chi connectivity index (χ1v) is 7.14. The summed E-state index contributed by atoms with van der Waals surface area (Å²) in [5, 5.41) is 2.85. The molecule has 1 aliphatic heterocycles. The Morgan fingerprint density at radius 1 is 1.05 bits per heavy atom. The molecule has 1 atom stereocenters. The van der Waals surface area contributed by atoms with Crippen molar-refractivity contribution in [2.75, 3.05) is 0 Å². The van der Waals surface area contributed by atoms with Crippen molar-refractivity contribution in [3.05, 3.63) is 83.4 Å². The van der Waals surface area contributed by atoms with Crippen LogP contribution < -0.4 is 5.32 Å². The lowest BCUT2D eigenvalue weighted by Crippen LogP contribution is -2.31. The van der Waals surface area contributed by atoms with Crippen LogP contribution in [0.4, 0.5) is 4.39 Å². The lowest BCUT2D eigenvalue weighted by Gasteiger charge is -2.16. The van der Waals surface area contributed by atoms with Gasteiger partial charge < -0.3 is 10.1 Å². The van der Waals surface area contributed by atoms with E-state index in [9.17, 15) is 9.18 Å². The Morgan fingerprint density at radius 2 is 1.77 bits per heavy atom. The highest BCUT2D eigenvalue weighted by atomic mass is 19.1. The highest BCUT2D eigenvalue weighted by molar-refractivity contribution is 5.91. The van der Waals surface area contributed by atoms with Crippen LogP contribution in [-0.4, -0.2) is 11.9 Å². The van der Waals surface area contributed by atoms with Crippen LogP contribution in [0, 0.1) is 5.82 Å². The third kappa shape index (κ3) is 3.34. The summed E-state index contributed by atoms with van der Waals surface area (Å²) in [5.74, 6) is 0.0709. The van der Waals surface area contributed by atoms with Crippen LogP contribution in [0.15, 0.2) is 66.4 Å². The van der Waals surface area contributed by atoms with Crippen molar-refractivity contribution in [1.29, 1.82) is 0 Å². The fourth-order valence-corrected chi connectivity index (χ4v) is 2.43. The maximum Gasteiger partial charge on any atom is 0.248 e. The predicted molar refractivity (Wildman–Crippen MR) is 81.3 cm³/mol. The number of halogens is 1. The van der Waals surface area contributed by atoms with Gasteiger partial charge in [-0.3, -0.25) is 4.79 Å². The zero-order chi connectivity index (χ0) is 15.4. The normalized spacial score (nSPS) is 17.0. The maximum atomic E-state index is 13.6. The second kappa shape index (κ2) is 6.43. The molecule has 2 aromatic carbocycles. The minimum atomic E-state index is -0.306. The monoisotopic (exact) mass is 297 g/mol. The molecule has 3 nitrogen and oxygen atoms in total. The quantitative estimate of drug-likeness (QED) is 0.921. The molecule has 1 heterocycles. The van der Waals surface area contributed by atoms with Gasteiger partial charge in [-0.2, -0.15) is 0 Å². The van der Waals surface area contributed by atoms with Crippen LogP contribution in [0.3, 0.4) is 0 Å². The summed E-state index contributed by atoms with van der Waals surface area (Å²) in [6.45, 7) is 0.110. The van der Waals surface area contributed by atoms with Gasteiger partial charge in [-0.1, -0.05) is 48.5 Å². The summed E-state index contributed by atoms with van der Waals surface area (Å²) in [4.78, 5) is 11.6. The Kier molecular flexibility index (Phi) is 4.19. The Morgan fingerprint density at radius 3 is 2.55 bits per heavy atom. The fraction of sp³-hybridized carbons (Fsp3) is 0.167. The molecule has 1 amide bonds. The minimum Gasteiger partial charge on any atom is -0.491 e. The van der Waals surface area contributed by atoms with Crippen molar-refractivity contribution in [2.24, 2.45) is 0 Å². The number of amides is 1. The highest BCUT2D eigenvalue weighted by Gasteiger charge is 2.25. The predicted octanol–water partition coefficient (Wildman–Crippen LogP) is 2.97. The van der Waals surface area contributed by atoms with Crippen molar-refractivity contribution in [2.45, 2.75) is 19.1 Å². The van der Waals surface area contributed by atoms with Gasteiger partial charge in [-0.15, -0.1) is 0 Å². The van der Waals surface area contributed by atoms with Gasteiger partial charge in [0.15, 0.2) is 0 Å². The Hall–Kier alpha value is -2.62. The molecule has 1 N–H and O–H groups in total. The van der Waals surface area contributed by atoms with Crippen molar-refractivity contribution in [3.8, 4) is 0 Å². The van der Waals surface area contributed by atoms with Crippen molar-refractivity contribution in [1.82, 2.24) is 5.32 Å². The second-order valence-electron chi connectivity index (χ2n) is 5.18. The van der Waals surface area contributed by atoms with E-state index in [1.807, 2.05) is 30.3 Å². The molecule has 2 aromatic rings. The van der Waals surface area contributed by atoms with E-state index >= 15 is 0 Å². The number of ether oxygens (including phenoxy) is 1. The summed E-state index contributed by atoms with van der Waals surface area (Å²) in [7, 11) is 0. The number of hydrogen-bond acceptors (Lipinski definition) is 2. The highest BCUT2D eigenvalue weighted by Crippen LogP contribution is 2.19. The van der Waals surface area contributed by atoms with Gasteiger partial charge in [0.1, 0.15) is 18.2 Å². The number of benzene rings is 2. The van der Waals surface area contributed by atoms with Gasteiger partial charge in [0.2, 0.25) is 5.91 Å². The molecule has 0 aromatic heterocycles. The van der Waals surface area contributed by atoms with Gasteiger partial charge >= 0.3 is 0 Å². The summed E-state index contributed by atoms with van der Waals surface area (Å²) in [5.41, 5.74) is 1.58. The van der Waals surface area contributed by atoms with Gasteiger partial charge in [0, 0.05) is 11.6 Å². The molecule has 1 aliphatic rings. The number of nitrogens with one attached hydrogen (secondary N) is 1. The fourth-order valence-electron chi connectivity index (χ4n) is 2.43. The van der Waals surface area contributed by atoms with Crippen molar-refractivity contribution in [3.63, 3.8) is 0 Å². The first-order chi connectivity index (χ1) is 10.7. The molecule has 1 unspecified atom stereocenters. The summed E-state index contributed by atoms with van der Waals surface area (Å²) < 4.78 is 19.3. The van der Waals surface area contributed by atoms with Gasteiger partial charge in [-0.05, 0) is 18.1 Å². The molecule has 3 rings (SSSR count). The molecule has 22 heavy (non-hydrogen) atoms. The Labute approximate surface area is 128 Å². The molecule has 4 heteroatoms. The summed E-state index contributed by atoms with van der Waals surface area (Å²) in [6.07, 6.45) is 2.09. The van der Waals surface area contributed by atoms with E-state index in [-0.39, 0.29) is 24.4 Å². The molecule has 0 aliphatic carbocycles. The van der Waals surface area contributed by atoms with E-state index in [0.29, 0.717) is 17.7 Å². The van der Waals surface area contributed by atoms with Crippen LogP contribution in [-0.2, 0) is 22.6 Å². The molecule has 0 saturated carbocycles. The first-order valence-electron chi connectivity index (χ1n) is 7.14. The summed E-state index contributed by atoms with van der Waals surface area (Å²) in [6, 6.07) is 16.1. The van der Waals surface area contributed by atoms with Crippen LogP contribution in [0.1, 0.15) is 11.1 Å².